The SMILES string of the molecule is CNS(=O)(=O)c1ccc(CCC(=O)Nc2nc3c(s2)CCc2c-3cnn2C)cc1. The summed E-state index contributed by atoms with van der Waals surface area (Å²) < 4.78 is 27.7. The molecule has 1 aliphatic rings. The molecule has 29 heavy (non-hydrogen) atoms. The van der Waals surface area contributed by atoms with Crippen LogP contribution in [-0.4, -0.2) is 36.1 Å². The average Bonchev–Trinajstić information content (AvgIpc) is 3.29. The zero-order valence-electron chi connectivity index (χ0n) is 16.1. The summed E-state index contributed by atoms with van der Waals surface area (Å²) in [6, 6.07) is 6.53. The van der Waals surface area contributed by atoms with E-state index in [9.17, 15) is 13.2 Å². The molecule has 0 atom stereocenters. The van der Waals surface area contributed by atoms with E-state index in [4.69, 9.17) is 0 Å². The molecule has 0 aliphatic heterocycles. The molecule has 2 aromatic heterocycles. The number of sulfonamides is 1. The van der Waals surface area contributed by atoms with Crippen molar-refractivity contribution in [2.24, 2.45) is 7.05 Å². The first-order chi connectivity index (χ1) is 13.9. The number of hydrogen-bond acceptors (Lipinski definition) is 6. The highest BCUT2D eigenvalue weighted by atomic mass is 32.2. The maximum atomic E-state index is 12.4. The van der Waals surface area contributed by atoms with Crippen LogP contribution in [0.5, 0.6) is 0 Å². The number of hydrogen-bond donors (Lipinski definition) is 2. The van der Waals surface area contributed by atoms with Crippen molar-refractivity contribution in [3.8, 4) is 11.3 Å². The molecule has 0 saturated carbocycles. The van der Waals surface area contributed by atoms with Gasteiger partial charge in [0.1, 0.15) is 0 Å². The van der Waals surface area contributed by atoms with Crippen molar-refractivity contribution in [3.63, 3.8) is 0 Å². The Bertz CT molecular complexity index is 1160. The van der Waals surface area contributed by atoms with E-state index in [1.165, 1.54) is 29.0 Å². The number of rotatable bonds is 6. The second-order valence-electron chi connectivity index (χ2n) is 6.82. The third kappa shape index (κ3) is 3.96. The van der Waals surface area contributed by atoms with Gasteiger partial charge in [0.05, 0.1) is 16.8 Å². The van der Waals surface area contributed by atoms with E-state index in [1.54, 1.807) is 24.3 Å². The zero-order valence-corrected chi connectivity index (χ0v) is 17.7. The first-order valence-corrected chi connectivity index (χ1v) is 11.5. The van der Waals surface area contributed by atoms with Crippen molar-refractivity contribution in [1.29, 1.82) is 0 Å². The molecular weight excluding hydrogens is 410 g/mol. The molecule has 10 heteroatoms. The standard InChI is InChI=1S/C19H21N5O3S2/c1-20-29(26,27)13-6-3-12(4-7-13)5-10-17(25)22-19-23-18-14-11-21-24(2)15(14)8-9-16(18)28-19/h3-4,6-7,11,20H,5,8-10H2,1-2H3,(H,22,23,25). The average molecular weight is 432 g/mol. The lowest BCUT2D eigenvalue weighted by molar-refractivity contribution is -0.116. The normalized spacial score (nSPS) is 13.0. The molecule has 3 aromatic rings. The van der Waals surface area contributed by atoms with Crippen LogP contribution in [0.3, 0.4) is 0 Å². The summed E-state index contributed by atoms with van der Waals surface area (Å²) in [5.74, 6) is -0.116. The lowest BCUT2D eigenvalue weighted by Crippen LogP contribution is -2.18. The number of nitrogens with zero attached hydrogens (tertiary/aromatic N) is 3. The van der Waals surface area contributed by atoms with E-state index in [-0.39, 0.29) is 10.8 Å². The van der Waals surface area contributed by atoms with E-state index in [1.807, 2.05) is 17.9 Å². The van der Waals surface area contributed by atoms with Gasteiger partial charge < -0.3 is 5.32 Å². The van der Waals surface area contributed by atoms with E-state index >= 15 is 0 Å². The van der Waals surface area contributed by atoms with Crippen LogP contribution in [-0.2, 0) is 41.1 Å². The molecule has 0 saturated heterocycles. The molecular formula is C19H21N5O3S2. The topological polar surface area (TPSA) is 106 Å². The van der Waals surface area contributed by atoms with Gasteiger partial charge in [-0.25, -0.2) is 18.1 Å². The van der Waals surface area contributed by atoms with Gasteiger partial charge in [-0.05, 0) is 44.0 Å². The summed E-state index contributed by atoms with van der Waals surface area (Å²) in [6.45, 7) is 0. The smallest absolute Gasteiger partial charge is 0.240 e. The Balaban J connectivity index is 1.38. The fourth-order valence-electron chi connectivity index (χ4n) is 3.37. The number of benzene rings is 1. The Morgan fingerprint density at radius 2 is 2.00 bits per heavy atom. The maximum Gasteiger partial charge on any atom is 0.240 e. The van der Waals surface area contributed by atoms with E-state index in [0.717, 1.165) is 29.7 Å². The molecule has 0 bridgehead atoms. The monoisotopic (exact) mass is 431 g/mol. The van der Waals surface area contributed by atoms with E-state index in [2.05, 4.69) is 20.1 Å². The molecule has 1 amide bonds. The second-order valence-corrected chi connectivity index (χ2v) is 9.79. The molecule has 2 N–H and O–H groups in total. The van der Waals surface area contributed by atoms with Gasteiger partial charge in [-0.3, -0.25) is 9.48 Å². The lowest BCUT2D eigenvalue weighted by atomic mass is 10.0. The van der Waals surface area contributed by atoms with Crippen molar-refractivity contribution < 1.29 is 13.2 Å². The minimum absolute atomic E-state index is 0.116. The van der Waals surface area contributed by atoms with Gasteiger partial charge in [-0.15, -0.1) is 11.3 Å². The molecule has 2 heterocycles. The number of carbonyl (C=O) groups is 1. The first-order valence-electron chi connectivity index (χ1n) is 9.20. The molecule has 152 valence electrons. The minimum atomic E-state index is -3.45. The third-order valence-electron chi connectivity index (χ3n) is 4.99. The first kappa shape index (κ1) is 19.7. The molecule has 0 radical (unpaired) electrons. The summed E-state index contributed by atoms with van der Waals surface area (Å²) in [6.07, 6.45) is 4.46. The Morgan fingerprint density at radius 1 is 1.24 bits per heavy atom. The number of thiazole rings is 1. The lowest BCUT2D eigenvalue weighted by Gasteiger charge is -2.10. The summed E-state index contributed by atoms with van der Waals surface area (Å²) in [5, 5.41) is 7.80. The van der Waals surface area contributed by atoms with Gasteiger partial charge in [-0.1, -0.05) is 12.1 Å². The van der Waals surface area contributed by atoms with Crippen LogP contribution in [0.2, 0.25) is 0 Å². The fraction of sp³-hybridized carbons (Fsp3) is 0.316. The molecule has 0 fully saturated rings. The predicted octanol–water partition coefficient (Wildman–Crippen LogP) is 2.12. The predicted molar refractivity (Wildman–Crippen MR) is 111 cm³/mol. The van der Waals surface area contributed by atoms with Crippen LogP contribution in [0.4, 0.5) is 5.13 Å². The van der Waals surface area contributed by atoms with Crippen molar-refractivity contribution in [3.05, 3.63) is 46.6 Å². The maximum absolute atomic E-state index is 12.4. The minimum Gasteiger partial charge on any atom is -0.302 e. The highest BCUT2D eigenvalue weighted by Crippen LogP contribution is 2.37. The van der Waals surface area contributed by atoms with Gasteiger partial charge in [0.2, 0.25) is 15.9 Å². The van der Waals surface area contributed by atoms with Gasteiger partial charge in [0.25, 0.3) is 0 Å². The Hall–Kier alpha value is -2.56. The number of anilines is 1. The molecule has 0 unspecified atom stereocenters. The van der Waals surface area contributed by atoms with Crippen LogP contribution < -0.4 is 10.0 Å². The largest absolute Gasteiger partial charge is 0.302 e. The van der Waals surface area contributed by atoms with E-state index in [0.29, 0.717) is 18.0 Å². The van der Waals surface area contributed by atoms with E-state index < -0.39 is 10.0 Å². The Morgan fingerprint density at radius 3 is 2.72 bits per heavy atom. The van der Waals surface area contributed by atoms with Crippen LogP contribution in [0, 0.1) is 0 Å². The number of amides is 1. The molecule has 4 rings (SSSR count). The fourth-order valence-corrected chi connectivity index (χ4v) is 5.09. The molecule has 8 nitrogen and oxygen atoms in total. The summed E-state index contributed by atoms with van der Waals surface area (Å²) >= 11 is 1.51. The number of aryl methyl sites for hydroxylation is 3. The van der Waals surface area contributed by atoms with Crippen LogP contribution in [0.15, 0.2) is 35.4 Å². The molecule has 0 spiro atoms. The van der Waals surface area contributed by atoms with Gasteiger partial charge in [0.15, 0.2) is 5.13 Å². The van der Waals surface area contributed by atoms with Crippen molar-refractivity contribution in [2.75, 3.05) is 12.4 Å². The second kappa shape index (κ2) is 7.69. The van der Waals surface area contributed by atoms with Gasteiger partial charge in [-0.2, -0.15) is 5.10 Å². The van der Waals surface area contributed by atoms with Crippen molar-refractivity contribution >= 4 is 32.4 Å². The summed E-state index contributed by atoms with van der Waals surface area (Å²) in [5.41, 5.74) is 4.03. The van der Waals surface area contributed by atoms with Crippen LogP contribution in [0.25, 0.3) is 11.3 Å². The van der Waals surface area contributed by atoms with Crippen molar-refractivity contribution in [1.82, 2.24) is 19.5 Å². The Kier molecular flexibility index (Phi) is 5.24. The third-order valence-corrected chi connectivity index (χ3v) is 7.45. The number of fused-ring (bicyclic) bond motifs is 3. The molecule has 1 aromatic carbocycles. The van der Waals surface area contributed by atoms with Crippen LogP contribution >= 0.6 is 11.3 Å². The summed E-state index contributed by atoms with van der Waals surface area (Å²) in [4.78, 5) is 18.3. The zero-order chi connectivity index (χ0) is 20.6. The van der Waals surface area contributed by atoms with Gasteiger partial charge in [0, 0.05) is 29.6 Å². The number of nitrogens with one attached hydrogen (secondary N) is 2. The van der Waals surface area contributed by atoms with Gasteiger partial charge >= 0.3 is 0 Å². The Labute approximate surface area is 173 Å². The van der Waals surface area contributed by atoms with Crippen molar-refractivity contribution in [2.45, 2.75) is 30.6 Å². The summed E-state index contributed by atoms with van der Waals surface area (Å²) in [7, 11) is -0.146. The highest BCUT2D eigenvalue weighted by molar-refractivity contribution is 7.89. The number of aromatic nitrogens is 3. The highest BCUT2D eigenvalue weighted by Gasteiger charge is 2.24. The molecule has 1 aliphatic carbocycles. The van der Waals surface area contributed by atoms with Crippen LogP contribution in [0.1, 0.15) is 22.6 Å². The number of carbonyl (C=O) groups excluding carboxylic acids is 1. The quantitative estimate of drug-likeness (QED) is 0.622.